The molecule has 14 heteroatoms. The molecule has 1 amide bonds. The highest BCUT2D eigenvalue weighted by atomic mass is 32.2. The monoisotopic (exact) mass is 625 g/mol. The number of amides is 1. The van der Waals surface area contributed by atoms with Gasteiger partial charge in [0.2, 0.25) is 15.9 Å². The summed E-state index contributed by atoms with van der Waals surface area (Å²) in [5, 5.41) is 13.4. The van der Waals surface area contributed by atoms with Crippen molar-refractivity contribution in [3.8, 4) is 11.5 Å². The SMILES string of the molecule is CCOC(=O)[C@H](Cc1ccc(OC(=O)Oc2ccc([N+](=O)[O-])cc2)cc1)NC(=O)[C@@H]1CCCN1S(=O)(=O)c1ccc(C)cc1. The van der Waals surface area contributed by atoms with Crippen molar-refractivity contribution in [2.24, 2.45) is 0 Å². The molecule has 2 atom stereocenters. The van der Waals surface area contributed by atoms with Gasteiger partial charge in [0.1, 0.15) is 23.6 Å². The topological polar surface area (TPSA) is 171 Å². The Morgan fingerprint density at radius 3 is 2.14 bits per heavy atom. The molecule has 0 spiro atoms. The summed E-state index contributed by atoms with van der Waals surface area (Å²) < 4.78 is 43.1. The second-order valence-corrected chi connectivity index (χ2v) is 11.8. The molecule has 44 heavy (non-hydrogen) atoms. The van der Waals surface area contributed by atoms with Crippen LogP contribution < -0.4 is 14.8 Å². The molecule has 1 aliphatic heterocycles. The van der Waals surface area contributed by atoms with E-state index in [-0.39, 0.29) is 41.7 Å². The lowest BCUT2D eigenvalue weighted by molar-refractivity contribution is -0.384. The third-order valence-corrected chi connectivity index (χ3v) is 8.76. The molecule has 0 aliphatic carbocycles. The van der Waals surface area contributed by atoms with E-state index in [0.717, 1.165) is 9.87 Å². The van der Waals surface area contributed by atoms with Gasteiger partial charge >= 0.3 is 12.1 Å². The van der Waals surface area contributed by atoms with E-state index in [4.69, 9.17) is 14.2 Å². The molecular formula is C30H31N3O10S. The summed E-state index contributed by atoms with van der Waals surface area (Å²) in [7, 11) is -3.94. The third-order valence-electron chi connectivity index (χ3n) is 6.83. The smallest absolute Gasteiger partial charge is 0.464 e. The lowest BCUT2D eigenvalue weighted by atomic mass is 10.0. The molecule has 13 nitrogen and oxygen atoms in total. The van der Waals surface area contributed by atoms with Gasteiger partial charge in [-0.15, -0.1) is 0 Å². The zero-order chi connectivity index (χ0) is 31.9. The van der Waals surface area contributed by atoms with Crippen LogP contribution in [0.15, 0.2) is 77.7 Å². The summed E-state index contributed by atoms with van der Waals surface area (Å²) in [4.78, 5) is 48.5. The van der Waals surface area contributed by atoms with Crippen LogP contribution in [-0.2, 0) is 30.8 Å². The summed E-state index contributed by atoms with van der Waals surface area (Å²) in [6.07, 6.45) is -0.254. The van der Waals surface area contributed by atoms with Crippen molar-refractivity contribution in [3.63, 3.8) is 0 Å². The van der Waals surface area contributed by atoms with Crippen LogP contribution in [0.1, 0.15) is 30.9 Å². The van der Waals surface area contributed by atoms with Crippen LogP contribution in [0.5, 0.6) is 11.5 Å². The van der Waals surface area contributed by atoms with Crippen LogP contribution in [-0.4, -0.2) is 60.9 Å². The highest BCUT2D eigenvalue weighted by Crippen LogP contribution is 2.27. The van der Waals surface area contributed by atoms with E-state index in [0.29, 0.717) is 18.4 Å². The molecule has 1 N–H and O–H groups in total. The van der Waals surface area contributed by atoms with Crippen LogP contribution in [0, 0.1) is 17.0 Å². The zero-order valence-electron chi connectivity index (χ0n) is 24.0. The molecule has 0 radical (unpaired) electrons. The first-order chi connectivity index (χ1) is 21.0. The van der Waals surface area contributed by atoms with Gasteiger partial charge in [-0.2, -0.15) is 4.31 Å². The van der Waals surface area contributed by atoms with E-state index >= 15 is 0 Å². The van der Waals surface area contributed by atoms with Crippen molar-refractivity contribution in [3.05, 3.63) is 94.0 Å². The molecule has 1 heterocycles. The van der Waals surface area contributed by atoms with Gasteiger partial charge in [0.05, 0.1) is 16.4 Å². The van der Waals surface area contributed by atoms with Gasteiger partial charge in [-0.05, 0) is 68.7 Å². The molecule has 0 bridgehead atoms. The van der Waals surface area contributed by atoms with Crippen LogP contribution in [0.2, 0.25) is 0 Å². The molecule has 3 aromatic carbocycles. The maximum absolute atomic E-state index is 13.3. The van der Waals surface area contributed by atoms with Crippen LogP contribution >= 0.6 is 0 Å². The van der Waals surface area contributed by atoms with Crippen molar-refractivity contribution in [1.29, 1.82) is 0 Å². The second kappa shape index (κ2) is 14.1. The van der Waals surface area contributed by atoms with Gasteiger partial charge < -0.3 is 19.5 Å². The maximum atomic E-state index is 13.3. The Morgan fingerprint density at radius 2 is 1.57 bits per heavy atom. The van der Waals surface area contributed by atoms with E-state index in [9.17, 15) is 32.9 Å². The predicted molar refractivity (Wildman–Crippen MR) is 157 cm³/mol. The van der Waals surface area contributed by atoms with Gasteiger partial charge in [-0.25, -0.2) is 18.0 Å². The number of nitrogens with one attached hydrogen (secondary N) is 1. The Morgan fingerprint density at radius 1 is 0.977 bits per heavy atom. The van der Waals surface area contributed by atoms with Gasteiger partial charge in [0.25, 0.3) is 5.69 Å². The second-order valence-electron chi connectivity index (χ2n) is 9.95. The molecule has 3 aromatic rings. The van der Waals surface area contributed by atoms with Crippen molar-refractivity contribution in [1.82, 2.24) is 9.62 Å². The predicted octanol–water partition coefficient (Wildman–Crippen LogP) is 3.92. The molecule has 1 saturated heterocycles. The van der Waals surface area contributed by atoms with Gasteiger partial charge in [0.15, 0.2) is 0 Å². The number of aryl methyl sites for hydroxylation is 1. The zero-order valence-corrected chi connectivity index (χ0v) is 24.8. The summed E-state index contributed by atoms with van der Waals surface area (Å²) in [5.41, 5.74) is 1.33. The van der Waals surface area contributed by atoms with E-state index in [1.54, 1.807) is 31.2 Å². The van der Waals surface area contributed by atoms with Gasteiger partial charge in [0, 0.05) is 25.1 Å². The Hall–Kier alpha value is -4.82. The maximum Gasteiger partial charge on any atom is 0.519 e. The molecule has 0 unspecified atom stereocenters. The van der Waals surface area contributed by atoms with E-state index in [1.807, 2.05) is 6.92 Å². The number of hydrogen-bond acceptors (Lipinski definition) is 10. The normalized spacial score (nSPS) is 15.6. The molecule has 4 rings (SSSR count). The Balaban J connectivity index is 1.40. The first-order valence-electron chi connectivity index (χ1n) is 13.8. The first kappa shape index (κ1) is 32.1. The fraction of sp³-hybridized carbons (Fsp3) is 0.300. The molecule has 0 saturated carbocycles. The number of carbonyl (C=O) groups excluding carboxylic acids is 3. The quantitative estimate of drug-likeness (QED) is 0.142. The number of nitro benzene ring substituents is 1. The number of nitrogens with zero attached hydrogens (tertiary/aromatic N) is 2. The van der Waals surface area contributed by atoms with Crippen LogP contribution in [0.4, 0.5) is 10.5 Å². The Kier molecular flexibility index (Phi) is 10.3. The highest BCUT2D eigenvalue weighted by Gasteiger charge is 2.40. The molecule has 232 valence electrons. The number of non-ortho nitro benzene ring substituents is 1. The number of hydrogen-bond donors (Lipinski definition) is 1. The number of ether oxygens (including phenoxy) is 3. The number of benzene rings is 3. The molecular weight excluding hydrogens is 594 g/mol. The summed E-state index contributed by atoms with van der Waals surface area (Å²) in [6, 6.07) is 15.3. The van der Waals surface area contributed by atoms with Crippen LogP contribution in [0.3, 0.4) is 0 Å². The highest BCUT2D eigenvalue weighted by molar-refractivity contribution is 7.89. The summed E-state index contributed by atoms with van der Waals surface area (Å²) in [6.45, 7) is 3.72. The Bertz CT molecular complexity index is 1610. The number of sulfonamides is 1. The number of rotatable bonds is 11. The number of nitro groups is 1. The minimum atomic E-state index is -3.94. The molecule has 1 aliphatic rings. The molecule has 0 aromatic heterocycles. The average molecular weight is 626 g/mol. The van der Waals surface area contributed by atoms with Crippen molar-refractivity contribution in [2.45, 2.75) is 50.1 Å². The van der Waals surface area contributed by atoms with Crippen molar-refractivity contribution < 1.29 is 41.9 Å². The first-order valence-corrected chi connectivity index (χ1v) is 15.2. The molecule has 1 fully saturated rings. The number of esters is 1. The summed E-state index contributed by atoms with van der Waals surface area (Å²) >= 11 is 0. The number of carbonyl (C=O) groups is 3. The van der Waals surface area contributed by atoms with Crippen molar-refractivity contribution >= 4 is 33.7 Å². The van der Waals surface area contributed by atoms with Gasteiger partial charge in [-0.1, -0.05) is 29.8 Å². The fourth-order valence-corrected chi connectivity index (χ4v) is 6.27. The van der Waals surface area contributed by atoms with E-state index in [1.165, 1.54) is 48.5 Å². The van der Waals surface area contributed by atoms with E-state index in [2.05, 4.69) is 5.32 Å². The average Bonchev–Trinajstić information content (AvgIpc) is 3.50. The minimum Gasteiger partial charge on any atom is -0.464 e. The standard InChI is InChI=1S/C30H31N3O10S/c1-3-41-29(35)26(31-28(34)27-5-4-18-32(27)44(39,40)25-16-6-20(2)7-17-25)19-21-8-12-23(13-9-21)42-30(36)43-24-14-10-22(11-15-24)33(37)38/h6-17,26-27H,3-5,18-19H2,1-2H3,(H,31,34)/t26-,27-/m0/s1. The third kappa shape index (κ3) is 7.96. The summed E-state index contributed by atoms with van der Waals surface area (Å²) in [5.74, 6) is -1.11. The van der Waals surface area contributed by atoms with Crippen LogP contribution in [0.25, 0.3) is 0 Å². The lowest BCUT2D eigenvalue weighted by Gasteiger charge is -2.25. The van der Waals surface area contributed by atoms with Crippen molar-refractivity contribution in [2.75, 3.05) is 13.2 Å². The van der Waals surface area contributed by atoms with Gasteiger partial charge in [-0.3, -0.25) is 14.9 Å². The minimum absolute atomic E-state index is 0.0233. The largest absolute Gasteiger partial charge is 0.519 e. The fourth-order valence-electron chi connectivity index (χ4n) is 4.62. The Labute approximate surface area is 253 Å². The van der Waals surface area contributed by atoms with E-state index < -0.39 is 45.1 Å². The lowest BCUT2D eigenvalue weighted by Crippen LogP contribution is -2.51.